The molecule has 0 atom stereocenters. The Kier molecular flexibility index (Phi) is 5.52. The molecule has 0 aliphatic carbocycles. The summed E-state index contributed by atoms with van der Waals surface area (Å²) < 4.78 is 5.83. The second-order valence-electron chi connectivity index (χ2n) is 6.00. The second-order valence-corrected chi connectivity index (χ2v) is 6.00. The number of ketones is 1. The van der Waals surface area contributed by atoms with Gasteiger partial charge in [-0.1, -0.05) is 18.2 Å². The van der Waals surface area contributed by atoms with Crippen molar-refractivity contribution in [2.75, 3.05) is 17.7 Å². The van der Waals surface area contributed by atoms with Crippen LogP contribution in [0.3, 0.4) is 0 Å². The Morgan fingerprint density at radius 1 is 0.778 bits per heavy atom. The molecule has 0 spiro atoms. The van der Waals surface area contributed by atoms with E-state index in [1.54, 1.807) is 42.5 Å². The summed E-state index contributed by atoms with van der Waals surface area (Å²) in [6.45, 7) is 1.47. The summed E-state index contributed by atoms with van der Waals surface area (Å²) in [5, 5.41) is 5.88. The fourth-order valence-corrected chi connectivity index (χ4v) is 2.55. The molecule has 0 radical (unpaired) electrons. The molecular formula is C22H20N2O3. The van der Waals surface area contributed by atoms with E-state index < -0.39 is 0 Å². The van der Waals surface area contributed by atoms with Crippen LogP contribution in [0.15, 0.2) is 72.8 Å². The van der Waals surface area contributed by atoms with E-state index in [1.165, 1.54) is 6.92 Å². The number of nitrogens with one attached hydrogen (secondary N) is 2. The first kappa shape index (κ1) is 18.2. The first-order chi connectivity index (χ1) is 13.0. The van der Waals surface area contributed by atoms with Crippen molar-refractivity contribution in [2.45, 2.75) is 6.92 Å². The van der Waals surface area contributed by atoms with Crippen LogP contribution < -0.4 is 15.4 Å². The van der Waals surface area contributed by atoms with Gasteiger partial charge in [0.25, 0.3) is 5.91 Å². The highest BCUT2D eigenvalue weighted by Crippen LogP contribution is 2.25. The van der Waals surface area contributed by atoms with E-state index >= 15 is 0 Å². The van der Waals surface area contributed by atoms with Crippen molar-refractivity contribution < 1.29 is 14.3 Å². The van der Waals surface area contributed by atoms with Crippen molar-refractivity contribution in [1.82, 2.24) is 0 Å². The van der Waals surface area contributed by atoms with Crippen molar-refractivity contribution >= 4 is 23.1 Å². The lowest BCUT2D eigenvalue weighted by Crippen LogP contribution is -2.12. The van der Waals surface area contributed by atoms with Gasteiger partial charge in [0.15, 0.2) is 5.78 Å². The van der Waals surface area contributed by atoms with Gasteiger partial charge < -0.3 is 15.4 Å². The monoisotopic (exact) mass is 360 g/mol. The topological polar surface area (TPSA) is 67.4 Å². The molecule has 1 amide bonds. The van der Waals surface area contributed by atoms with Crippen LogP contribution in [-0.4, -0.2) is 18.7 Å². The smallest absolute Gasteiger partial charge is 0.255 e. The van der Waals surface area contributed by atoms with Crippen LogP contribution in [0, 0.1) is 0 Å². The van der Waals surface area contributed by atoms with E-state index in [4.69, 9.17) is 4.74 Å². The minimum absolute atomic E-state index is 0.0793. The zero-order chi connectivity index (χ0) is 19.2. The van der Waals surface area contributed by atoms with E-state index in [9.17, 15) is 9.59 Å². The normalized spacial score (nSPS) is 10.1. The maximum absolute atomic E-state index is 12.5. The highest BCUT2D eigenvalue weighted by molar-refractivity contribution is 6.06. The molecule has 3 aromatic carbocycles. The lowest BCUT2D eigenvalue weighted by molar-refractivity contribution is 0.101. The number of carbonyl (C=O) groups is 2. The molecule has 3 rings (SSSR count). The van der Waals surface area contributed by atoms with Crippen LogP contribution in [0.25, 0.3) is 0 Å². The zero-order valence-corrected chi connectivity index (χ0v) is 15.2. The summed E-state index contributed by atoms with van der Waals surface area (Å²) in [4.78, 5) is 23.9. The Hall–Kier alpha value is -3.60. The summed E-state index contributed by atoms with van der Waals surface area (Å²) in [6, 6.07) is 21.4. The van der Waals surface area contributed by atoms with Gasteiger partial charge in [-0.25, -0.2) is 0 Å². The van der Waals surface area contributed by atoms with E-state index in [-0.39, 0.29) is 11.7 Å². The largest absolute Gasteiger partial charge is 0.457 e. The van der Waals surface area contributed by atoms with Crippen LogP contribution in [0.2, 0.25) is 0 Å². The summed E-state index contributed by atoms with van der Waals surface area (Å²) >= 11 is 0. The van der Waals surface area contributed by atoms with Gasteiger partial charge in [-0.05, 0) is 55.5 Å². The average Bonchev–Trinajstić information content (AvgIpc) is 2.69. The molecule has 0 unspecified atom stereocenters. The molecular weight excluding hydrogens is 340 g/mol. The van der Waals surface area contributed by atoms with E-state index in [2.05, 4.69) is 10.6 Å². The van der Waals surface area contributed by atoms with Gasteiger partial charge in [-0.3, -0.25) is 9.59 Å². The molecule has 0 aliphatic rings. The van der Waals surface area contributed by atoms with Crippen LogP contribution in [0.4, 0.5) is 11.4 Å². The summed E-state index contributed by atoms with van der Waals surface area (Å²) in [5.74, 6) is 0.951. The molecule has 0 saturated carbocycles. The molecule has 0 fully saturated rings. The van der Waals surface area contributed by atoms with Crippen LogP contribution >= 0.6 is 0 Å². The molecule has 2 N–H and O–H groups in total. The average molecular weight is 360 g/mol. The second kappa shape index (κ2) is 8.19. The van der Waals surface area contributed by atoms with Crippen molar-refractivity contribution in [3.63, 3.8) is 0 Å². The maximum Gasteiger partial charge on any atom is 0.255 e. The number of hydrogen-bond donors (Lipinski definition) is 2. The number of rotatable bonds is 6. The zero-order valence-electron chi connectivity index (χ0n) is 15.2. The minimum atomic E-state index is -0.284. The fraction of sp³-hybridized carbons (Fsp3) is 0.0909. The maximum atomic E-state index is 12.5. The van der Waals surface area contributed by atoms with Crippen LogP contribution in [0.5, 0.6) is 11.5 Å². The predicted molar refractivity (Wildman–Crippen MR) is 107 cm³/mol. The van der Waals surface area contributed by atoms with Crippen molar-refractivity contribution in [1.29, 1.82) is 0 Å². The molecule has 0 heterocycles. The summed E-state index contributed by atoms with van der Waals surface area (Å²) in [5.41, 5.74) is 2.54. The number of anilines is 2. The van der Waals surface area contributed by atoms with Gasteiger partial charge >= 0.3 is 0 Å². The predicted octanol–water partition coefficient (Wildman–Crippen LogP) is 4.98. The first-order valence-corrected chi connectivity index (χ1v) is 8.53. The molecule has 0 aliphatic heterocycles. The number of Topliss-reactive ketones (excluding diaryl/α,β-unsaturated/α-hetero) is 1. The third-order valence-electron chi connectivity index (χ3n) is 4.00. The van der Waals surface area contributed by atoms with E-state index in [1.807, 2.05) is 37.4 Å². The lowest BCUT2D eigenvalue weighted by atomic mass is 10.1. The number of carbonyl (C=O) groups excluding carboxylic acids is 2. The Balaban J connectivity index is 1.72. The molecule has 136 valence electrons. The van der Waals surface area contributed by atoms with Gasteiger partial charge in [0, 0.05) is 35.6 Å². The van der Waals surface area contributed by atoms with Crippen molar-refractivity contribution in [3.8, 4) is 11.5 Å². The van der Waals surface area contributed by atoms with Gasteiger partial charge in [-0.2, -0.15) is 0 Å². The van der Waals surface area contributed by atoms with E-state index in [0.717, 1.165) is 5.69 Å². The Labute approximate surface area is 158 Å². The Morgan fingerprint density at radius 3 is 2.19 bits per heavy atom. The Morgan fingerprint density at radius 2 is 1.48 bits per heavy atom. The van der Waals surface area contributed by atoms with Crippen molar-refractivity contribution in [2.24, 2.45) is 0 Å². The summed E-state index contributed by atoms with van der Waals surface area (Å²) in [7, 11) is 1.86. The first-order valence-electron chi connectivity index (χ1n) is 8.53. The fourth-order valence-electron chi connectivity index (χ4n) is 2.55. The molecule has 5 heteroatoms. The minimum Gasteiger partial charge on any atom is -0.457 e. The Bertz CT molecular complexity index is 965. The third kappa shape index (κ3) is 4.73. The quantitative estimate of drug-likeness (QED) is 0.609. The molecule has 0 aromatic heterocycles. The molecule has 0 saturated heterocycles. The van der Waals surface area contributed by atoms with E-state index in [0.29, 0.717) is 28.3 Å². The number of benzene rings is 3. The lowest BCUT2D eigenvalue weighted by Gasteiger charge is -2.10. The molecule has 5 nitrogen and oxygen atoms in total. The highest BCUT2D eigenvalue weighted by atomic mass is 16.5. The van der Waals surface area contributed by atoms with Crippen LogP contribution in [0.1, 0.15) is 27.6 Å². The van der Waals surface area contributed by atoms with Gasteiger partial charge in [0.2, 0.25) is 0 Å². The van der Waals surface area contributed by atoms with Gasteiger partial charge in [0.05, 0.1) is 0 Å². The standard InChI is InChI=1S/C22H20N2O3/c1-15(25)16-5-3-6-17(13-16)22(26)24-19-7-4-8-21(14-19)27-20-11-9-18(23-2)10-12-20/h3-14,23H,1-2H3,(H,24,26). The van der Waals surface area contributed by atoms with Gasteiger partial charge in [-0.15, -0.1) is 0 Å². The van der Waals surface area contributed by atoms with Gasteiger partial charge in [0.1, 0.15) is 11.5 Å². The number of amides is 1. The molecule has 27 heavy (non-hydrogen) atoms. The number of ether oxygens (including phenoxy) is 1. The molecule has 0 bridgehead atoms. The number of hydrogen-bond acceptors (Lipinski definition) is 4. The van der Waals surface area contributed by atoms with Crippen molar-refractivity contribution in [3.05, 3.63) is 83.9 Å². The summed E-state index contributed by atoms with van der Waals surface area (Å²) in [6.07, 6.45) is 0. The van der Waals surface area contributed by atoms with Crippen LogP contribution in [-0.2, 0) is 0 Å². The highest BCUT2D eigenvalue weighted by Gasteiger charge is 2.09. The third-order valence-corrected chi connectivity index (χ3v) is 4.00. The molecule has 3 aromatic rings. The SMILES string of the molecule is CNc1ccc(Oc2cccc(NC(=O)c3cccc(C(C)=O)c3)c2)cc1.